The number of ether oxygens (including phenoxy) is 1. The first-order valence-corrected chi connectivity index (χ1v) is 9.84. The number of carbonyl (C=O) groups is 3. The van der Waals surface area contributed by atoms with Crippen LogP contribution in [-0.2, 0) is 20.9 Å². The summed E-state index contributed by atoms with van der Waals surface area (Å²) in [7, 11) is 0. The second kappa shape index (κ2) is 7.55. The minimum Gasteiger partial charge on any atom is -0.455 e. The van der Waals surface area contributed by atoms with Crippen molar-refractivity contribution in [3.8, 4) is 0 Å². The van der Waals surface area contributed by atoms with Crippen molar-refractivity contribution in [2.24, 2.45) is 5.92 Å². The lowest BCUT2D eigenvalue weighted by molar-refractivity contribution is -0.117. The molecule has 2 heterocycles. The molecule has 0 spiro atoms. The average Bonchev–Trinajstić information content (AvgIpc) is 3.27. The molecule has 26 heavy (non-hydrogen) atoms. The molecule has 0 atom stereocenters. The van der Waals surface area contributed by atoms with Crippen molar-refractivity contribution >= 4 is 50.6 Å². The van der Waals surface area contributed by atoms with E-state index in [1.165, 1.54) is 29.6 Å². The highest BCUT2D eigenvalue weighted by Gasteiger charge is 2.31. The van der Waals surface area contributed by atoms with Crippen LogP contribution in [0.5, 0.6) is 0 Å². The molecule has 1 fully saturated rings. The Balaban J connectivity index is 1.68. The van der Waals surface area contributed by atoms with E-state index in [4.69, 9.17) is 4.74 Å². The van der Waals surface area contributed by atoms with Crippen LogP contribution in [0.1, 0.15) is 46.3 Å². The summed E-state index contributed by atoms with van der Waals surface area (Å²) in [6, 6.07) is 0. The van der Waals surface area contributed by atoms with Crippen LogP contribution in [0.25, 0.3) is 0 Å². The number of amides is 2. The van der Waals surface area contributed by atoms with Crippen LogP contribution >= 0.6 is 22.7 Å². The fourth-order valence-corrected chi connectivity index (χ4v) is 4.11. The summed E-state index contributed by atoms with van der Waals surface area (Å²) in [6.07, 6.45) is 1.80. The number of hydrogen-bond acceptors (Lipinski definition) is 7. The van der Waals surface area contributed by atoms with E-state index < -0.39 is 5.97 Å². The Morgan fingerprint density at radius 1 is 1.27 bits per heavy atom. The van der Waals surface area contributed by atoms with Gasteiger partial charge in [-0.15, -0.1) is 22.7 Å². The van der Waals surface area contributed by atoms with Gasteiger partial charge in [0.1, 0.15) is 11.6 Å². The number of aromatic nitrogens is 1. The van der Waals surface area contributed by atoms with Crippen molar-refractivity contribution < 1.29 is 19.1 Å². The Bertz CT molecular complexity index is 867. The number of thiophene rings is 1. The van der Waals surface area contributed by atoms with Gasteiger partial charge in [-0.25, -0.2) is 9.78 Å². The van der Waals surface area contributed by atoms with Crippen LogP contribution in [0, 0.1) is 19.8 Å². The van der Waals surface area contributed by atoms with Crippen molar-refractivity contribution in [1.82, 2.24) is 4.98 Å². The van der Waals surface area contributed by atoms with E-state index in [0.29, 0.717) is 21.4 Å². The SMILES string of the molecule is CC(=O)Nc1nc(COC(=O)c2c(NC(=O)C3CC3)sc(C)c2C)cs1. The number of esters is 1. The zero-order valence-corrected chi connectivity index (χ0v) is 16.3. The quantitative estimate of drug-likeness (QED) is 0.732. The lowest BCUT2D eigenvalue weighted by Gasteiger charge is -2.07. The second-order valence-electron chi connectivity index (χ2n) is 6.15. The fraction of sp³-hybridized carbons (Fsp3) is 0.412. The number of rotatable bonds is 6. The minimum atomic E-state index is -0.493. The van der Waals surface area contributed by atoms with Gasteiger partial charge in [0.2, 0.25) is 11.8 Å². The van der Waals surface area contributed by atoms with E-state index in [0.717, 1.165) is 23.3 Å². The molecule has 2 aromatic rings. The Hall–Kier alpha value is -2.26. The largest absolute Gasteiger partial charge is 0.455 e. The normalized spacial score (nSPS) is 13.3. The number of anilines is 2. The summed E-state index contributed by atoms with van der Waals surface area (Å²) in [5, 5.41) is 8.17. The maximum Gasteiger partial charge on any atom is 0.341 e. The molecule has 0 radical (unpaired) electrons. The molecule has 0 aromatic carbocycles. The van der Waals surface area contributed by atoms with E-state index in [-0.39, 0.29) is 24.3 Å². The first-order valence-electron chi connectivity index (χ1n) is 8.15. The summed E-state index contributed by atoms with van der Waals surface area (Å²) in [5.74, 6) is -0.682. The third-order valence-corrected chi connectivity index (χ3v) is 5.89. The maximum atomic E-state index is 12.6. The van der Waals surface area contributed by atoms with Gasteiger partial charge < -0.3 is 15.4 Å². The highest BCUT2D eigenvalue weighted by molar-refractivity contribution is 7.16. The van der Waals surface area contributed by atoms with Crippen molar-refractivity contribution in [3.05, 3.63) is 27.1 Å². The highest BCUT2D eigenvalue weighted by Crippen LogP contribution is 2.36. The van der Waals surface area contributed by atoms with Crippen molar-refractivity contribution in [1.29, 1.82) is 0 Å². The third-order valence-electron chi connectivity index (χ3n) is 3.96. The molecule has 1 aliphatic carbocycles. The maximum absolute atomic E-state index is 12.6. The second-order valence-corrected chi connectivity index (χ2v) is 8.24. The van der Waals surface area contributed by atoms with Crippen LogP contribution in [0.4, 0.5) is 10.1 Å². The average molecular weight is 393 g/mol. The molecule has 2 amide bonds. The van der Waals surface area contributed by atoms with Crippen LogP contribution in [0.2, 0.25) is 0 Å². The minimum absolute atomic E-state index is 0.000730. The fourth-order valence-electron chi connectivity index (χ4n) is 2.31. The lowest BCUT2D eigenvalue weighted by Crippen LogP contribution is -2.16. The molecule has 0 unspecified atom stereocenters. The molecule has 0 saturated heterocycles. The van der Waals surface area contributed by atoms with Crippen LogP contribution in [0.3, 0.4) is 0 Å². The smallest absolute Gasteiger partial charge is 0.341 e. The monoisotopic (exact) mass is 393 g/mol. The molecular formula is C17H19N3O4S2. The Morgan fingerprint density at radius 2 is 2.00 bits per heavy atom. The third kappa shape index (κ3) is 4.28. The first-order chi connectivity index (χ1) is 12.3. The molecule has 9 heteroatoms. The number of thiazole rings is 1. The zero-order valence-electron chi connectivity index (χ0n) is 14.7. The van der Waals surface area contributed by atoms with E-state index in [1.54, 1.807) is 5.38 Å². The first kappa shape index (κ1) is 18.5. The van der Waals surface area contributed by atoms with Gasteiger partial charge in [0.25, 0.3) is 0 Å². The van der Waals surface area contributed by atoms with Crippen LogP contribution < -0.4 is 10.6 Å². The van der Waals surface area contributed by atoms with Gasteiger partial charge in [0.15, 0.2) is 5.13 Å². The van der Waals surface area contributed by atoms with Crippen molar-refractivity contribution in [2.75, 3.05) is 10.6 Å². The van der Waals surface area contributed by atoms with E-state index in [2.05, 4.69) is 15.6 Å². The van der Waals surface area contributed by atoms with Gasteiger partial charge in [-0.3, -0.25) is 9.59 Å². The number of carbonyl (C=O) groups excluding carboxylic acids is 3. The van der Waals surface area contributed by atoms with Crippen LogP contribution in [0.15, 0.2) is 5.38 Å². The number of hydrogen-bond donors (Lipinski definition) is 2. The Morgan fingerprint density at radius 3 is 2.65 bits per heavy atom. The molecule has 7 nitrogen and oxygen atoms in total. The number of aryl methyl sites for hydroxylation is 1. The Kier molecular flexibility index (Phi) is 5.38. The summed E-state index contributed by atoms with van der Waals surface area (Å²) >= 11 is 2.65. The van der Waals surface area contributed by atoms with Gasteiger partial charge in [-0.1, -0.05) is 0 Å². The lowest BCUT2D eigenvalue weighted by atomic mass is 10.1. The summed E-state index contributed by atoms with van der Waals surface area (Å²) in [4.78, 5) is 40.8. The summed E-state index contributed by atoms with van der Waals surface area (Å²) in [6.45, 7) is 5.15. The molecule has 0 aliphatic heterocycles. The summed E-state index contributed by atoms with van der Waals surface area (Å²) < 4.78 is 5.37. The van der Waals surface area contributed by atoms with Gasteiger partial charge >= 0.3 is 5.97 Å². The molecule has 3 rings (SSSR count). The van der Waals surface area contributed by atoms with Crippen molar-refractivity contribution in [3.63, 3.8) is 0 Å². The van der Waals surface area contributed by atoms with Gasteiger partial charge in [0.05, 0.1) is 11.3 Å². The number of nitrogens with one attached hydrogen (secondary N) is 2. The predicted molar refractivity (Wildman–Crippen MR) is 101 cm³/mol. The van der Waals surface area contributed by atoms with Gasteiger partial charge in [0, 0.05) is 23.1 Å². The molecule has 1 saturated carbocycles. The van der Waals surface area contributed by atoms with E-state index >= 15 is 0 Å². The zero-order chi connectivity index (χ0) is 18.8. The van der Waals surface area contributed by atoms with Crippen LogP contribution in [-0.4, -0.2) is 22.8 Å². The van der Waals surface area contributed by atoms with Gasteiger partial charge in [-0.05, 0) is 32.3 Å². The van der Waals surface area contributed by atoms with E-state index in [9.17, 15) is 14.4 Å². The molecule has 138 valence electrons. The Labute approximate surface area is 158 Å². The molecule has 2 N–H and O–H groups in total. The highest BCUT2D eigenvalue weighted by atomic mass is 32.1. The standard InChI is InChI=1S/C17H19N3O4S2/c1-8-9(2)26-15(20-14(22)11-4-5-11)13(8)16(23)24-6-12-7-25-17(19-12)18-10(3)21/h7,11H,4-6H2,1-3H3,(H,20,22)(H,18,19,21). The predicted octanol–water partition coefficient (Wildman–Crippen LogP) is 3.49. The van der Waals surface area contributed by atoms with Crippen molar-refractivity contribution in [2.45, 2.75) is 40.2 Å². The number of nitrogens with zero attached hydrogens (tertiary/aromatic N) is 1. The molecule has 1 aliphatic rings. The van der Waals surface area contributed by atoms with Gasteiger partial charge in [-0.2, -0.15) is 0 Å². The molecule has 2 aromatic heterocycles. The molecular weight excluding hydrogens is 374 g/mol. The molecule has 0 bridgehead atoms. The van der Waals surface area contributed by atoms with E-state index in [1.807, 2.05) is 13.8 Å². The summed E-state index contributed by atoms with van der Waals surface area (Å²) in [5.41, 5.74) is 1.77. The topological polar surface area (TPSA) is 97.4 Å².